The Bertz CT molecular complexity index is 1170. The minimum absolute atomic E-state index is 0.00215. The molecule has 0 fully saturated rings. The van der Waals surface area contributed by atoms with Crippen LogP contribution in [0.15, 0.2) is 54.9 Å². The second-order valence-corrected chi connectivity index (χ2v) is 7.18. The summed E-state index contributed by atoms with van der Waals surface area (Å²) >= 11 is 0. The zero-order valence-corrected chi connectivity index (χ0v) is 18.9. The Morgan fingerprint density at radius 1 is 1.00 bits per heavy atom. The average Bonchev–Trinajstić information content (AvgIpc) is 3.28. The molecule has 0 aliphatic carbocycles. The maximum Gasteiger partial charge on any atom is 0.246 e. The summed E-state index contributed by atoms with van der Waals surface area (Å²) in [7, 11) is 3.07. The minimum atomic E-state index is -0.249. The van der Waals surface area contributed by atoms with Gasteiger partial charge in [-0.2, -0.15) is 10.4 Å². The van der Waals surface area contributed by atoms with Gasteiger partial charge in [0.15, 0.2) is 11.5 Å². The van der Waals surface area contributed by atoms with E-state index >= 15 is 0 Å². The van der Waals surface area contributed by atoms with E-state index in [9.17, 15) is 9.59 Å². The summed E-state index contributed by atoms with van der Waals surface area (Å²) < 4.78 is 17.4. The van der Waals surface area contributed by atoms with Gasteiger partial charge in [0.05, 0.1) is 44.3 Å². The summed E-state index contributed by atoms with van der Waals surface area (Å²) in [6, 6.07) is 13.9. The normalized spacial score (nSPS) is 10.1. The molecule has 0 aliphatic rings. The second-order valence-electron chi connectivity index (χ2n) is 7.18. The van der Waals surface area contributed by atoms with Crippen LogP contribution in [0.25, 0.3) is 0 Å². The molecule has 1 heterocycles. The molecule has 10 nitrogen and oxygen atoms in total. The van der Waals surface area contributed by atoms with Crippen LogP contribution in [0.4, 0.5) is 11.4 Å². The minimum Gasteiger partial charge on any atom is -0.497 e. The molecule has 2 N–H and O–H groups in total. The van der Waals surface area contributed by atoms with Crippen molar-refractivity contribution < 1.29 is 23.8 Å². The van der Waals surface area contributed by atoms with Crippen LogP contribution >= 0.6 is 0 Å². The Labute approximate surface area is 197 Å². The van der Waals surface area contributed by atoms with Crippen LogP contribution in [0.1, 0.15) is 18.4 Å². The van der Waals surface area contributed by atoms with Crippen molar-refractivity contribution in [2.24, 2.45) is 0 Å². The number of amides is 2. The first-order valence-electron chi connectivity index (χ1n) is 10.5. The van der Waals surface area contributed by atoms with E-state index in [4.69, 9.17) is 19.5 Å². The number of hydrogen-bond acceptors (Lipinski definition) is 7. The van der Waals surface area contributed by atoms with Crippen molar-refractivity contribution in [1.29, 1.82) is 5.26 Å². The molecular weight excluding hydrogens is 438 g/mol. The number of anilines is 2. The number of nitriles is 1. The number of hydrogen-bond donors (Lipinski definition) is 2. The number of rotatable bonds is 11. The van der Waals surface area contributed by atoms with E-state index in [2.05, 4.69) is 15.7 Å². The van der Waals surface area contributed by atoms with Gasteiger partial charge >= 0.3 is 0 Å². The van der Waals surface area contributed by atoms with Crippen molar-refractivity contribution in [3.63, 3.8) is 0 Å². The second kappa shape index (κ2) is 11.9. The number of nitrogens with zero attached hydrogens (tertiary/aromatic N) is 3. The number of ether oxygens (including phenoxy) is 3. The fourth-order valence-corrected chi connectivity index (χ4v) is 3.03. The number of aromatic nitrogens is 2. The van der Waals surface area contributed by atoms with E-state index in [-0.39, 0.29) is 24.8 Å². The van der Waals surface area contributed by atoms with Gasteiger partial charge in [-0.25, -0.2) is 0 Å². The van der Waals surface area contributed by atoms with Crippen LogP contribution in [0.5, 0.6) is 17.2 Å². The van der Waals surface area contributed by atoms with Crippen LogP contribution < -0.4 is 24.8 Å². The maximum atomic E-state index is 12.2. The fourth-order valence-electron chi connectivity index (χ4n) is 3.03. The number of methoxy groups -OCH3 is 2. The molecule has 0 saturated heterocycles. The van der Waals surface area contributed by atoms with Crippen molar-refractivity contribution >= 4 is 23.2 Å². The van der Waals surface area contributed by atoms with Crippen molar-refractivity contribution in [3.05, 3.63) is 60.4 Å². The maximum absolute atomic E-state index is 12.2. The lowest BCUT2D eigenvalue weighted by atomic mass is 10.2. The zero-order chi connectivity index (χ0) is 24.3. The Morgan fingerprint density at radius 2 is 1.76 bits per heavy atom. The molecule has 0 bridgehead atoms. The summed E-state index contributed by atoms with van der Waals surface area (Å²) in [4.78, 5) is 24.4. The lowest BCUT2D eigenvalue weighted by Gasteiger charge is -2.10. The molecule has 2 aromatic carbocycles. The number of nitrogens with one attached hydrogen (secondary N) is 2. The highest BCUT2D eigenvalue weighted by Gasteiger charge is 2.09. The molecule has 1 aromatic heterocycles. The van der Waals surface area contributed by atoms with Gasteiger partial charge in [-0.05, 0) is 42.8 Å². The van der Waals surface area contributed by atoms with Crippen molar-refractivity contribution in [2.45, 2.75) is 19.4 Å². The summed E-state index contributed by atoms with van der Waals surface area (Å²) in [6.45, 7) is 0.308. The third kappa shape index (κ3) is 7.00. The van der Waals surface area contributed by atoms with E-state index in [1.54, 1.807) is 55.8 Å². The van der Waals surface area contributed by atoms with E-state index in [0.717, 1.165) is 0 Å². The van der Waals surface area contributed by atoms with E-state index < -0.39 is 0 Å². The van der Waals surface area contributed by atoms with Crippen LogP contribution in [0, 0.1) is 11.3 Å². The molecule has 0 spiro atoms. The van der Waals surface area contributed by atoms with Crippen molar-refractivity contribution in [1.82, 2.24) is 9.78 Å². The third-order valence-electron chi connectivity index (χ3n) is 4.69. The number of benzene rings is 2. The number of carbonyl (C=O) groups excluding carboxylic acids is 2. The Hall–Kier alpha value is -4.52. The summed E-state index contributed by atoms with van der Waals surface area (Å²) in [5, 5.41) is 18.6. The molecule has 0 saturated carbocycles. The highest BCUT2D eigenvalue weighted by Crippen LogP contribution is 2.28. The molecule has 0 aliphatic heterocycles. The summed E-state index contributed by atoms with van der Waals surface area (Å²) in [6.07, 6.45) is 3.79. The zero-order valence-electron chi connectivity index (χ0n) is 18.9. The lowest BCUT2D eigenvalue weighted by Crippen LogP contribution is -2.19. The molecule has 10 heteroatoms. The van der Waals surface area contributed by atoms with Gasteiger partial charge in [0, 0.05) is 24.4 Å². The molecule has 0 radical (unpaired) electrons. The van der Waals surface area contributed by atoms with E-state index in [1.807, 2.05) is 6.07 Å². The predicted octanol–water partition coefficient (Wildman–Crippen LogP) is 3.21. The highest BCUT2D eigenvalue weighted by molar-refractivity contribution is 5.91. The first-order chi connectivity index (χ1) is 16.5. The van der Waals surface area contributed by atoms with Gasteiger partial charge in [-0.1, -0.05) is 0 Å². The van der Waals surface area contributed by atoms with Gasteiger partial charge in [0.25, 0.3) is 0 Å². The summed E-state index contributed by atoms with van der Waals surface area (Å²) in [5.41, 5.74) is 1.62. The van der Waals surface area contributed by atoms with Crippen molar-refractivity contribution in [3.8, 4) is 23.3 Å². The smallest absolute Gasteiger partial charge is 0.246 e. The first kappa shape index (κ1) is 24.1. The van der Waals surface area contributed by atoms with Gasteiger partial charge in [0.2, 0.25) is 11.8 Å². The quantitative estimate of drug-likeness (QED) is 0.418. The Morgan fingerprint density at radius 3 is 2.47 bits per heavy atom. The molecule has 3 aromatic rings. The Kier molecular flexibility index (Phi) is 8.46. The number of carbonyl (C=O) groups is 2. The molecule has 34 heavy (non-hydrogen) atoms. The first-order valence-corrected chi connectivity index (χ1v) is 10.5. The highest BCUT2D eigenvalue weighted by atomic mass is 16.5. The SMILES string of the molecule is COc1ccc(NC(=O)Cn2cc(NC(=O)CCCOc3ccc(C#N)cc3OC)cn2)cc1. The van der Waals surface area contributed by atoms with Crippen LogP contribution in [0.2, 0.25) is 0 Å². The average molecular weight is 463 g/mol. The monoisotopic (exact) mass is 463 g/mol. The van der Waals surface area contributed by atoms with Crippen LogP contribution in [-0.4, -0.2) is 42.4 Å². The van der Waals surface area contributed by atoms with E-state index in [1.165, 1.54) is 18.0 Å². The molecular formula is C24H25N5O5. The lowest BCUT2D eigenvalue weighted by molar-refractivity contribution is -0.117. The largest absolute Gasteiger partial charge is 0.497 e. The predicted molar refractivity (Wildman–Crippen MR) is 125 cm³/mol. The van der Waals surface area contributed by atoms with Gasteiger partial charge < -0.3 is 24.8 Å². The molecule has 2 amide bonds. The van der Waals surface area contributed by atoms with Gasteiger partial charge in [-0.15, -0.1) is 0 Å². The topological polar surface area (TPSA) is 128 Å². The standard InChI is InChI=1S/C24H25N5O5/c1-32-20-8-6-18(7-9-20)27-24(31)16-29-15-19(14-26-29)28-23(30)4-3-11-34-21-10-5-17(13-25)12-22(21)33-2/h5-10,12,14-15H,3-4,11,16H2,1-2H3,(H,27,31)(H,28,30). The van der Waals surface area contributed by atoms with Crippen LogP contribution in [0.3, 0.4) is 0 Å². The molecule has 0 unspecified atom stereocenters. The molecule has 176 valence electrons. The van der Waals surface area contributed by atoms with Crippen molar-refractivity contribution in [2.75, 3.05) is 31.5 Å². The van der Waals surface area contributed by atoms with Gasteiger partial charge in [-0.3, -0.25) is 14.3 Å². The molecule has 0 atom stereocenters. The molecule has 3 rings (SSSR count). The Balaban J connectivity index is 1.40. The third-order valence-corrected chi connectivity index (χ3v) is 4.69. The summed E-state index contributed by atoms with van der Waals surface area (Å²) in [5.74, 6) is 1.23. The fraction of sp³-hybridized carbons (Fsp3) is 0.250. The van der Waals surface area contributed by atoms with Gasteiger partial charge in [0.1, 0.15) is 12.3 Å². The van der Waals surface area contributed by atoms with Crippen LogP contribution in [-0.2, 0) is 16.1 Å². The van der Waals surface area contributed by atoms with E-state index in [0.29, 0.717) is 47.2 Å².